The standard InChI is InChI=1S/C20H20F3N5O3S/c1-19(2,3)28-8-7-12(10-28)17(30)24-9-15(29)27-18-26-14(11-32-18)13-5-4-6-16(25-13)31-20(21,22)23/h4-8,10-11H,9H2,1-3H3,(H,24,30)(H,26,27,29). The maximum absolute atomic E-state index is 12.4. The van der Waals surface area contributed by atoms with Crippen molar-refractivity contribution in [1.29, 1.82) is 0 Å². The number of halogens is 3. The van der Waals surface area contributed by atoms with E-state index in [0.717, 1.165) is 17.4 Å². The van der Waals surface area contributed by atoms with Crippen molar-refractivity contribution in [2.24, 2.45) is 0 Å². The molecule has 0 saturated carbocycles. The van der Waals surface area contributed by atoms with Crippen LogP contribution in [0.3, 0.4) is 0 Å². The molecule has 0 bridgehead atoms. The number of rotatable bonds is 6. The second-order valence-corrected chi connectivity index (χ2v) is 8.51. The minimum absolute atomic E-state index is 0.153. The highest BCUT2D eigenvalue weighted by atomic mass is 32.1. The third-order valence-corrected chi connectivity index (χ3v) is 4.85. The average molecular weight is 467 g/mol. The average Bonchev–Trinajstić information content (AvgIpc) is 3.34. The Hall–Kier alpha value is -3.41. The van der Waals surface area contributed by atoms with Crippen molar-refractivity contribution in [1.82, 2.24) is 19.9 Å². The van der Waals surface area contributed by atoms with Gasteiger partial charge in [-0.15, -0.1) is 24.5 Å². The fourth-order valence-corrected chi connectivity index (χ4v) is 3.28. The van der Waals surface area contributed by atoms with Crippen LogP contribution in [0, 0.1) is 0 Å². The lowest BCUT2D eigenvalue weighted by molar-refractivity contribution is -0.276. The molecule has 3 heterocycles. The zero-order chi connectivity index (χ0) is 23.5. The highest BCUT2D eigenvalue weighted by molar-refractivity contribution is 7.14. The number of nitrogens with zero attached hydrogens (tertiary/aromatic N) is 3. The van der Waals surface area contributed by atoms with Crippen molar-refractivity contribution in [3.63, 3.8) is 0 Å². The number of ether oxygens (including phenoxy) is 1. The maximum atomic E-state index is 12.4. The van der Waals surface area contributed by atoms with Gasteiger partial charge in [0.05, 0.1) is 17.8 Å². The van der Waals surface area contributed by atoms with E-state index in [1.165, 1.54) is 17.5 Å². The number of pyridine rings is 1. The maximum Gasteiger partial charge on any atom is 0.574 e. The monoisotopic (exact) mass is 467 g/mol. The van der Waals surface area contributed by atoms with E-state index in [1.807, 2.05) is 25.3 Å². The van der Waals surface area contributed by atoms with Gasteiger partial charge in [-0.3, -0.25) is 9.59 Å². The van der Waals surface area contributed by atoms with E-state index in [-0.39, 0.29) is 28.6 Å². The van der Waals surface area contributed by atoms with Crippen LogP contribution in [0.25, 0.3) is 11.4 Å². The third-order valence-electron chi connectivity index (χ3n) is 4.10. The number of hydrogen-bond donors (Lipinski definition) is 2. The Bertz CT molecular complexity index is 1120. The molecule has 0 aliphatic heterocycles. The van der Waals surface area contributed by atoms with Gasteiger partial charge < -0.3 is 19.9 Å². The van der Waals surface area contributed by atoms with Crippen LogP contribution in [0.1, 0.15) is 31.1 Å². The molecule has 12 heteroatoms. The van der Waals surface area contributed by atoms with Gasteiger partial charge in [0.2, 0.25) is 11.8 Å². The lowest BCUT2D eigenvalue weighted by Gasteiger charge is -2.20. The summed E-state index contributed by atoms with van der Waals surface area (Å²) in [5.41, 5.74) is 0.674. The molecule has 0 aliphatic carbocycles. The first-order chi connectivity index (χ1) is 14.9. The van der Waals surface area contributed by atoms with Gasteiger partial charge in [0, 0.05) is 29.4 Å². The normalized spacial score (nSPS) is 11.8. The molecule has 0 fully saturated rings. The summed E-state index contributed by atoms with van der Waals surface area (Å²) in [6.45, 7) is 5.72. The van der Waals surface area contributed by atoms with Gasteiger partial charge in [0.25, 0.3) is 5.91 Å². The van der Waals surface area contributed by atoms with Crippen LogP contribution in [-0.2, 0) is 10.3 Å². The molecule has 0 unspecified atom stereocenters. The van der Waals surface area contributed by atoms with E-state index in [0.29, 0.717) is 5.56 Å². The molecule has 0 atom stereocenters. The van der Waals surface area contributed by atoms with E-state index in [9.17, 15) is 22.8 Å². The molecule has 3 rings (SSSR count). The Balaban J connectivity index is 1.56. The molecule has 0 saturated heterocycles. The Morgan fingerprint density at radius 1 is 1.12 bits per heavy atom. The van der Waals surface area contributed by atoms with Crippen LogP contribution in [0.4, 0.5) is 18.3 Å². The lowest BCUT2D eigenvalue weighted by atomic mass is 10.1. The zero-order valence-corrected chi connectivity index (χ0v) is 18.2. The van der Waals surface area contributed by atoms with Crippen LogP contribution >= 0.6 is 11.3 Å². The molecule has 2 amide bonds. The molecule has 0 aliphatic rings. The van der Waals surface area contributed by atoms with Gasteiger partial charge in [-0.2, -0.15) is 0 Å². The molecule has 170 valence electrons. The molecule has 2 N–H and O–H groups in total. The number of thiazole rings is 1. The minimum Gasteiger partial charge on any atom is -0.388 e. The fraction of sp³-hybridized carbons (Fsp3) is 0.300. The molecule has 32 heavy (non-hydrogen) atoms. The quantitative estimate of drug-likeness (QED) is 0.571. The molecule has 0 spiro atoms. The number of amides is 2. The minimum atomic E-state index is -4.85. The predicted octanol–water partition coefficient (Wildman–Crippen LogP) is 4.03. The Labute approximate surface area is 185 Å². The predicted molar refractivity (Wildman–Crippen MR) is 112 cm³/mol. The topological polar surface area (TPSA) is 98.1 Å². The first-order valence-electron chi connectivity index (χ1n) is 9.36. The van der Waals surface area contributed by atoms with Gasteiger partial charge in [0.15, 0.2) is 5.13 Å². The number of alkyl halides is 3. The zero-order valence-electron chi connectivity index (χ0n) is 17.4. The van der Waals surface area contributed by atoms with E-state index >= 15 is 0 Å². The number of carbonyl (C=O) groups is 2. The molecule has 3 aromatic rings. The SMILES string of the molecule is CC(C)(C)n1ccc(C(=O)NCC(=O)Nc2nc(-c3cccc(OC(F)(F)F)n3)cs2)c1. The molecule has 3 aromatic heterocycles. The summed E-state index contributed by atoms with van der Waals surface area (Å²) < 4.78 is 42.8. The van der Waals surface area contributed by atoms with Gasteiger partial charge in [-0.1, -0.05) is 6.07 Å². The molecule has 0 radical (unpaired) electrons. The number of hydrogen-bond acceptors (Lipinski definition) is 6. The van der Waals surface area contributed by atoms with Gasteiger partial charge in [-0.25, -0.2) is 9.97 Å². The van der Waals surface area contributed by atoms with Crippen molar-refractivity contribution in [3.8, 4) is 17.3 Å². The van der Waals surface area contributed by atoms with Gasteiger partial charge >= 0.3 is 6.36 Å². The number of anilines is 1. The van der Waals surface area contributed by atoms with E-state index in [2.05, 4.69) is 25.3 Å². The molecule has 8 nitrogen and oxygen atoms in total. The Morgan fingerprint density at radius 2 is 1.88 bits per heavy atom. The van der Waals surface area contributed by atoms with Crippen molar-refractivity contribution >= 4 is 28.3 Å². The van der Waals surface area contributed by atoms with Gasteiger partial charge in [-0.05, 0) is 32.9 Å². The van der Waals surface area contributed by atoms with Crippen LogP contribution in [0.5, 0.6) is 5.88 Å². The smallest absolute Gasteiger partial charge is 0.388 e. The lowest BCUT2D eigenvalue weighted by Crippen LogP contribution is -2.32. The molecule has 0 aromatic carbocycles. The summed E-state index contributed by atoms with van der Waals surface area (Å²) in [5, 5.41) is 6.80. The summed E-state index contributed by atoms with van der Waals surface area (Å²) in [5.74, 6) is -1.51. The summed E-state index contributed by atoms with van der Waals surface area (Å²) in [6, 6.07) is 5.55. The second-order valence-electron chi connectivity index (χ2n) is 7.66. The number of nitrogens with one attached hydrogen (secondary N) is 2. The Kier molecular flexibility index (Phi) is 6.53. The van der Waals surface area contributed by atoms with Crippen molar-refractivity contribution in [2.75, 3.05) is 11.9 Å². The van der Waals surface area contributed by atoms with Crippen LogP contribution < -0.4 is 15.4 Å². The summed E-state index contributed by atoms with van der Waals surface area (Å²) in [7, 11) is 0. The van der Waals surface area contributed by atoms with Crippen molar-refractivity contribution < 1.29 is 27.5 Å². The van der Waals surface area contributed by atoms with Crippen molar-refractivity contribution in [3.05, 3.63) is 47.6 Å². The fourth-order valence-electron chi connectivity index (χ4n) is 2.56. The van der Waals surface area contributed by atoms with E-state index in [1.54, 1.807) is 18.5 Å². The van der Waals surface area contributed by atoms with Crippen LogP contribution in [0.2, 0.25) is 0 Å². The number of carbonyl (C=O) groups excluding carboxylic acids is 2. The van der Waals surface area contributed by atoms with Crippen LogP contribution in [0.15, 0.2) is 42.0 Å². The third kappa shape index (κ3) is 6.30. The largest absolute Gasteiger partial charge is 0.574 e. The summed E-state index contributed by atoms with van der Waals surface area (Å²) in [6.07, 6.45) is -1.37. The molecular formula is C20H20F3N5O3S. The van der Waals surface area contributed by atoms with E-state index < -0.39 is 24.1 Å². The first-order valence-corrected chi connectivity index (χ1v) is 10.2. The highest BCUT2D eigenvalue weighted by Gasteiger charge is 2.31. The first kappa shape index (κ1) is 23.3. The van der Waals surface area contributed by atoms with Crippen molar-refractivity contribution in [2.45, 2.75) is 32.7 Å². The highest BCUT2D eigenvalue weighted by Crippen LogP contribution is 2.27. The number of aromatic nitrogens is 3. The molecular weight excluding hydrogens is 447 g/mol. The van der Waals surface area contributed by atoms with E-state index in [4.69, 9.17) is 0 Å². The summed E-state index contributed by atoms with van der Waals surface area (Å²) >= 11 is 1.07. The Morgan fingerprint density at radius 3 is 2.53 bits per heavy atom. The second kappa shape index (κ2) is 8.99. The summed E-state index contributed by atoms with van der Waals surface area (Å²) in [4.78, 5) is 32.3. The van der Waals surface area contributed by atoms with Crippen LogP contribution in [-0.4, -0.2) is 39.3 Å². The van der Waals surface area contributed by atoms with Gasteiger partial charge in [0.1, 0.15) is 5.69 Å².